The molecule has 2 aliphatic rings. The van der Waals surface area contributed by atoms with Crippen LogP contribution in [-0.4, -0.2) is 68.0 Å². The van der Waals surface area contributed by atoms with Crippen LogP contribution < -0.4 is 5.32 Å². The zero-order chi connectivity index (χ0) is 15.5. The van der Waals surface area contributed by atoms with Gasteiger partial charge in [-0.2, -0.15) is 4.31 Å². The quantitative estimate of drug-likeness (QED) is 0.770. The smallest absolute Gasteiger partial charge is 0.238 e. The fourth-order valence-electron chi connectivity index (χ4n) is 3.37. The number of sulfonamides is 1. The average molecular weight is 317 g/mol. The van der Waals surface area contributed by atoms with Gasteiger partial charge in [-0.15, -0.1) is 0 Å². The molecule has 1 amide bonds. The van der Waals surface area contributed by atoms with E-state index in [0.29, 0.717) is 25.6 Å². The van der Waals surface area contributed by atoms with E-state index in [0.717, 1.165) is 25.9 Å². The van der Waals surface area contributed by atoms with Crippen LogP contribution in [0.5, 0.6) is 0 Å². The monoisotopic (exact) mass is 317 g/mol. The highest BCUT2D eigenvalue weighted by atomic mass is 32.2. The highest BCUT2D eigenvalue weighted by Crippen LogP contribution is 2.20. The van der Waals surface area contributed by atoms with Gasteiger partial charge in [0, 0.05) is 19.1 Å². The van der Waals surface area contributed by atoms with Crippen LogP contribution in [0.4, 0.5) is 0 Å². The zero-order valence-corrected chi connectivity index (χ0v) is 13.9. The van der Waals surface area contributed by atoms with Crippen LogP contribution >= 0.6 is 0 Å². The van der Waals surface area contributed by atoms with Gasteiger partial charge in [-0.3, -0.25) is 9.69 Å². The zero-order valence-electron chi connectivity index (χ0n) is 13.0. The number of nitrogens with zero attached hydrogens (tertiary/aromatic N) is 2. The van der Waals surface area contributed by atoms with Gasteiger partial charge in [0.1, 0.15) is 6.04 Å². The molecular weight excluding hydrogens is 290 g/mol. The van der Waals surface area contributed by atoms with E-state index in [-0.39, 0.29) is 5.91 Å². The third kappa shape index (κ3) is 4.17. The number of hydrogen-bond acceptors (Lipinski definition) is 4. The molecule has 7 heteroatoms. The standard InChI is InChI=1S/C14H27N3O3S/c1-3-12(16-8-4-5-9-16)11-15-14(18)13-7-6-10-17(13)21(2,19)20/h12-13H,3-11H2,1-2H3,(H,15,18)/t12-,13-/m1/s1. The number of likely N-dealkylation sites (tertiary alicyclic amines) is 1. The fourth-order valence-corrected chi connectivity index (χ4v) is 4.50. The van der Waals surface area contributed by atoms with Crippen LogP contribution in [0, 0.1) is 0 Å². The number of nitrogens with one attached hydrogen (secondary N) is 1. The minimum absolute atomic E-state index is 0.143. The third-order valence-electron chi connectivity index (χ3n) is 4.57. The molecule has 2 fully saturated rings. The summed E-state index contributed by atoms with van der Waals surface area (Å²) in [7, 11) is -3.29. The topological polar surface area (TPSA) is 69.7 Å². The molecule has 2 rings (SSSR count). The van der Waals surface area contributed by atoms with Crippen molar-refractivity contribution in [3.63, 3.8) is 0 Å². The van der Waals surface area contributed by atoms with E-state index in [9.17, 15) is 13.2 Å². The van der Waals surface area contributed by atoms with Gasteiger partial charge in [-0.25, -0.2) is 8.42 Å². The first-order chi connectivity index (χ1) is 9.93. The minimum atomic E-state index is -3.29. The van der Waals surface area contributed by atoms with Gasteiger partial charge in [0.05, 0.1) is 6.26 Å². The molecule has 0 aromatic heterocycles. The van der Waals surface area contributed by atoms with Gasteiger partial charge in [0.15, 0.2) is 0 Å². The van der Waals surface area contributed by atoms with Gasteiger partial charge in [0.2, 0.25) is 15.9 Å². The van der Waals surface area contributed by atoms with Crippen LogP contribution in [-0.2, 0) is 14.8 Å². The summed E-state index contributed by atoms with van der Waals surface area (Å²) in [5.41, 5.74) is 0. The lowest BCUT2D eigenvalue weighted by Crippen LogP contribution is -2.49. The number of carbonyl (C=O) groups is 1. The molecule has 0 bridgehead atoms. The highest BCUT2D eigenvalue weighted by molar-refractivity contribution is 7.88. The number of amides is 1. The minimum Gasteiger partial charge on any atom is -0.353 e. The maximum absolute atomic E-state index is 12.3. The van der Waals surface area contributed by atoms with Crippen molar-refractivity contribution in [2.45, 2.75) is 51.1 Å². The van der Waals surface area contributed by atoms with Gasteiger partial charge in [0.25, 0.3) is 0 Å². The maximum Gasteiger partial charge on any atom is 0.238 e. The molecule has 2 atom stereocenters. The second-order valence-corrected chi connectivity index (χ2v) is 8.02. The Kier molecular flexibility index (Phi) is 5.62. The molecule has 0 aromatic carbocycles. The van der Waals surface area contributed by atoms with E-state index in [1.165, 1.54) is 23.4 Å². The number of hydrogen-bond donors (Lipinski definition) is 1. The van der Waals surface area contributed by atoms with Gasteiger partial charge >= 0.3 is 0 Å². The van der Waals surface area contributed by atoms with Crippen molar-refractivity contribution in [3.8, 4) is 0 Å². The lowest BCUT2D eigenvalue weighted by molar-refractivity contribution is -0.124. The molecule has 2 aliphatic heterocycles. The number of carbonyl (C=O) groups excluding carboxylic acids is 1. The van der Waals surface area contributed by atoms with Crippen LogP contribution in [0.3, 0.4) is 0 Å². The summed E-state index contributed by atoms with van der Waals surface area (Å²) in [4.78, 5) is 14.7. The van der Waals surface area contributed by atoms with Crippen molar-refractivity contribution in [1.82, 2.24) is 14.5 Å². The molecule has 6 nitrogen and oxygen atoms in total. The summed E-state index contributed by atoms with van der Waals surface area (Å²) in [6, 6.07) is -0.152. The van der Waals surface area contributed by atoms with Crippen LogP contribution in [0.2, 0.25) is 0 Å². The van der Waals surface area contributed by atoms with Crippen molar-refractivity contribution in [2.75, 3.05) is 32.4 Å². The molecule has 1 N–H and O–H groups in total. The molecule has 0 saturated carbocycles. The molecule has 2 heterocycles. The Morgan fingerprint density at radius 2 is 1.90 bits per heavy atom. The summed E-state index contributed by atoms with van der Waals surface area (Å²) in [6.07, 6.45) is 6.02. The van der Waals surface area contributed by atoms with Crippen LogP contribution in [0.25, 0.3) is 0 Å². The summed E-state index contributed by atoms with van der Waals surface area (Å²) in [6.45, 7) is 5.41. The molecule has 0 radical (unpaired) electrons. The summed E-state index contributed by atoms with van der Waals surface area (Å²) in [5, 5.41) is 2.97. The third-order valence-corrected chi connectivity index (χ3v) is 5.86. The Morgan fingerprint density at radius 3 is 2.48 bits per heavy atom. The van der Waals surface area contributed by atoms with Crippen molar-refractivity contribution in [2.24, 2.45) is 0 Å². The van der Waals surface area contributed by atoms with Gasteiger partial charge in [-0.05, 0) is 45.2 Å². The first-order valence-electron chi connectivity index (χ1n) is 7.92. The summed E-state index contributed by atoms with van der Waals surface area (Å²) < 4.78 is 24.7. The van der Waals surface area contributed by atoms with Crippen molar-refractivity contribution < 1.29 is 13.2 Å². The lowest BCUT2D eigenvalue weighted by Gasteiger charge is -2.28. The Hall–Kier alpha value is -0.660. The Labute approximate surface area is 127 Å². The second kappa shape index (κ2) is 7.07. The van der Waals surface area contributed by atoms with Crippen LogP contribution in [0.15, 0.2) is 0 Å². The molecule has 122 valence electrons. The molecule has 0 aromatic rings. The first-order valence-corrected chi connectivity index (χ1v) is 9.77. The molecule has 2 saturated heterocycles. The summed E-state index contributed by atoms with van der Waals surface area (Å²) >= 11 is 0. The predicted molar refractivity (Wildman–Crippen MR) is 82.5 cm³/mol. The van der Waals surface area contributed by atoms with Gasteiger partial charge < -0.3 is 5.32 Å². The first kappa shape index (κ1) is 16.7. The number of rotatable bonds is 6. The molecule has 0 unspecified atom stereocenters. The Balaban J connectivity index is 1.88. The Morgan fingerprint density at radius 1 is 1.24 bits per heavy atom. The van der Waals surface area contributed by atoms with E-state index >= 15 is 0 Å². The second-order valence-electron chi connectivity index (χ2n) is 6.08. The van der Waals surface area contributed by atoms with Crippen molar-refractivity contribution in [1.29, 1.82) is 0 Å². The molecule has 0 aliphatic carbocycles. The Bertz CT molecular complexity index is 460. The maximum atomic E-state index is 12.3. The SMILES string of the molecule is CC[C@H](CNC(=O)[C@H]1CCCN1S(C)(=O)=O)N1CCCC1. The largest absolute Gasteiger partial charge is 0.353 e. The van der Waals surface area contributed by atoms with E-state index in [1.807, 2.05) is 0 Å². The van der Waals surface area contributed by atoms with Crippen molar-refractivity contribution >= 4 is 15.9 Å². The molecule has 21 heavy (non-hydrogen) atoms. The molecule has 0 spiro atoms. The van der Waals surface area contributed by atoms with E-state index in [4.69, 9.17) is 0 Å². The van der Waals surface area contributed by atoms with Gasteiger partial charge in [-0.1, -0.05) is 6.92 Å². The predicted octanol–water partition coefficient (Wildman–Crippen LogP) is 0.401. The van der Waals surface area contributed by atoms with E-state index in [2.05, 4.69) is 17.1 Å². The van der Waals surface area contributed by atoms with E-state index < -0.39 is 16.1 Å². The van der Waals surface area contributed by atoms with Crippen molar-refractivity contribution in [3.05, 3.63) is 0 Å². The highest BCUT2D eigenvalue weighted by Gasteiger charge is 2.36. The van der Waals surface area contributed by atoms with E-state index in [1.54, 1.807) is 0 Å². The van der Waals surface area contributed by atoms with Crippen LogP contribution in [0.1, 0.15) is 39.0 Å². The average Bonchev–Trinajstić information content (AvgIpc) is 3.09. The fraction of sp³-hybridized carbons (Fsp3) is 0.929. The molecular formula is C14H27N3O3S. The lowest BCUT2D eigenvalue weighted by atomic mass is 10.1. The normalized spacial score (nSPS) is 26.1. The summed E-state index contributed by atoms with van der Waals surface area (Å²) in [5.74, 6) is -0.143.